The van der Waals surface area contributed by atoms with Gasteiger partial charge in [0.1, 0.15) is 11.6 Å². The van der Waals surface area contributed by atoms with Crippen molar-refractivity contribution in [3.05, 3.63) is 0 Å². The molecule has 0 aromatic rings. The number of carboxylic acid groups (broad SMARTS) is 1. The normalized spacial score (nSPS) is 25.6. The molecule has 0 bridgehead atoms. The number of rotatable bonds is 1. The summed E-state index contributed by atoms with van der Waals surface area (Å²) in [6.07, 6.45) is -0.156. The lowest BCUT2D eigenvalue weighted by Gasteiger charge is -2.26. The van der Waals surface area contributed by atoms with Gasteiger partial charge in [-0.15, -0.1) is 0 Å². The molecule has 1 amide bonds. The van der Waals surface area contributed by atoms with E-state index >= 15 is 0 Å². The Kier molecular flexibility index (Phi) is 3.83. The van der Waals surface area contributed by atoms with Gasteiger partial charge in [0.2, 0.25) is 0 Å². The third-order valence-electron chi connectivity index (χ3n) is 2.16. The number of ether oxygens (including phenoxy) is 1. The van der Waals surface area contributed by atoms with E-state index in [1.165, 1.54) is 4.90 Å². The zero-order valence-electron chi connectivity index (χ0n) is 9.57. The Hall–Kier alpha value is -0.780. The Bertz CT molecular complexity index is 300. The van der Waals surface area contributed by atoms with Crippen molar-refractivity contribution in [3.63, 3.8) is 0 Å². The third kappa shape index (κ3) is 3.37. The first kappa shape index (κ1) is 13.3. The average molecular weight is 294 g/mol. The Balaban J connectivity index is 2.71. The highest BCUT2D eigenvalue weighted by atomic mass is 79.9. The number of hydrogen-bond acceptors (Lipinski definition) is 3. The molecule has 16 heavy (non-hydrogen) atoms. The number of likely N-dealkylation sites (tertiary alicyclic amines) is 1. The van der Waals surface area contributed by atoms with Crippen LogP contribution >= 0.6 is 15.9 Å². The van der Waals surface area contributed by atoms with Gasteiger partial charge in [0.05, 0.1) is 0 Å². The Morgan fingerprint density at radius 3 is 2.44 bits per heavy atom. The van der Waals surface area contributed by atoms with Crippen LogP contribution in [0, 0.1) is 0 Å². The summed E-state index contributed by atoms with van der Waals surface area (Å²) >= 11 is 3.32. The van der Waals surface area contributed by atoms with Crippen LogP contribution in [0.25, 0.3) is 0 Å². The Morgan fingerprint density at radius 1 is 1.44 bits per heavy atom. The van der Waals surface area contributed by atoms with E-state index in [0.29, 0.717) is 13.0 Å². The van der Waals surface area contributed by atoms with Crippen molar-refractivity contribution in [1.82, 2.24) is 4.90 Å². The van der Waals surface area contributed by atoms with Gasteiger partial charge < -0.3 is 9.84 Å². The molecule has 1 N–H and O–H groups in total. The molecule has 1 heterocycles. The van der Waals surface area contributed by atoms with E-state index in [2.05, 4.69) is 15.9 Å². The maximum Gasteiger partial charge on any atom is 0.411 e. The second-order valence-corrected chi connectivity index (χ2v) is 6.11. The maximum atomic E-state index is 11.7. The molecule has 5 nitrogen and oxygen atoms in total. The van der Waals surface area contributed by atoms with Gasteiger partial charge >= 0.3 is 12.1 Å². The fraction of sp³-hybridized carbons (Fsp3) is 0.800. The van der Waals surface area contributed by atoms with Crippen LogP contribution < -0.4 is 0 Å². The first-order valence-corrected chi connectivity index (χ1v) is 5.99. The number of amides is 1. The second-order valence-electron chi connectivity index (χ2n) is 4.82. The zero-order chi connectivity index (χ0) is 12.5. The molecule has 1 aliphatic heterocycles. The topological polar surface area (TPSA) is 66.8 Å². The molecule has 1 rings (SSSR count). The van der Waals surface area contributed by atoms with E-state index in [1.807, 2.05) is 0 Å². The van der Waals surface area contributed by atoms with Gasteiger partial charge in [0.25, 0.3) is 0 Å². The smallest absolute Gasteiger partial charge is 0.411 e. The van der Waals surface area contributed by atoms with Crippen molar-refractivity contribution in [1.29, 1.82) is 0 Å². The largest absolute Gasteiger partial charge is 0.480 e. The first-order chi connectivity index (χ1) is 7.20. The van der Waals surface area contributed by atoms with Gasteiger partial charge in [-0.25, -0.2) is 9.59 Å². The molecule has 6 heteroatoms. The van der Waals surface area contributed by atoms with E-state index in [0.717, 1.165) is 0 Å². The molecule has 0 radical (unpaired) electrons. The van der Waals surface area contributed by atoms with Crippen LogP contribution in [0.4, 0.5) is 4.79 Å². The Morgan fingerprint density at radius 2 is 2.00 bits per heavy atom. The molecule has 1 aliphatic rings. The molecule has 0 aliphatic carbocycles. The van der Waals surface area contributed by atoms with Crippen molar-refractivity contribution in [2.24, 2.45) is 0 Å². The van der Waals surface area contributed by atoms with Crippen LogP contribution in [0.3, 0.4) is 0 Å². The lowest BCUT2D eigenvalue weighted by molar-refractivity contribution is -0.142. The van der Waals surface area contributed by atoms with Gasteiger partial charge in [-0.05, 0) is 27.2 Å². The summed E-state index contributed by atoms with van der Waals surface area (Å²) in [5, 5.41) is 8.98. The maximum absolute atomic E-state index is 11.7. The summed E-state index contributed by atoms with van der Waals surface area (Å²) in [7, 11) is 0. The summed E-state index contributed by atoms with van der Waals surface area (Å²) in [5.74, 6) is -0.993. The lowest BCUT2D eigenvalue weighted by Crippen LogP contribution is -2.43. The highest BCUT2D eigenvalue weighted by Gasteiger charge is 2.40. The number of halogens is 1. The van der Waals surface area contributed by atoms with Crippen LogP contribution in [-0.2, 0) is 9.53 Å². The number of carbonyl (C=O) groups is 2. The summed E-state index contributed by atoms with van der Waals surface area (Å²) in [6.45, 7) is 5.62. The van der Waals surface area contributed by atoms with Crippen LogP contribution in [0.5, 0.6) is 0 Å². The molecule has 0 aromatic heterocycles. The molecule has 0 spiro atoms. The monoisotopic (exact) mass is 293 g/mol. The van der Waals surface area contributed by atoms with Crippen molar-refractivity contribution in [2.75, 3.05) is 6.54 Å². The minimum Gasteiger partial charge on any atom is -0.480 e. The quantitative estimate of drug-likeness (QED) is 0.749. The Labute approximate surface area is 103 Å². The predicted octanol–water partition coefficient (Wildman–Crippen LogP) is 1.84. The van der Waals surface area contributed by atoms with E-state index < -0.39 is 23.7 Å². The lowest BCUT2D eigenvalue weighted by atomic mass is 10.2. The average Bonchev–Trinajstić information content (AvgIpc) is 2.44. The highest BCUT2D eigenvalue weighted by Crippen LogP contribution is 2.25. The van der Waals surface area contributed by atoms with Gasteiger partial charge in [0, 0.05) is 11.4 Å². The van der Waals surface area contributed by atoms with Crippen LogP contribution in [0.1, 0.15) is 27.2 Å². The number of nitrogens with zero attached hydrogens (tertiary/aromatic N) is 1. The van der Waals surface area contributed by atoms with Crippen molar-refractivity contribution in [3.8, 4) is 0 Å². The molecule has 2 atom stereocenters. The second kappa shape index (κ2) is 4.61. The summed E-state index contributed by atoms with van der Waals surface area (Å²) < 4.78 is 5.15. The minimum atomic E-state index is -0.993. The first-order valence-electron chi connectivity index (χ1n) is 5.07. The number of carboxylic acids is 1. The van der Waals surface area contributed by atoms with Gasteiger partial charge in [-0.3, -0.25) is 4.90 Å². The highest BCUT2D eigenvalue weighted by molar-refractivity contribution is 9.09. The van der Waals surface area contributed by atoms with E-state index in [9.17, 15) is 9.59 Å². The molecule has 92 valence electrons. The standard InChI is InChI=1S/C10H16BrNO4/c1-10(2,3)16-9(15)12-5-6(11)4-7(12)8(13)14/h6-7H,4-5H2,1-3H3,(H,13,14)/t6-,7-/m1/s1. The fourth-order valence-electron chi connectivity index (χ4n) is 1.54. The summed E-state index contributed by atoms with van der Waals surface area (Å²) in [6, 6.07) is -0.792. The molecular weight excluding hydrogens is 278 g/mol. The zero-order valence-corrected chi connectivity index (χ0v) is 11.2. The molecular formula is C10H16BrNO4. The van der Waals surface area contributed by atoms with Crippen molar-refractivity contribution >= 4 is 28.0 Å². The van der Waals surface area contributed by atoms with Crippen molar-refractivity contribution in [2.45, 2.75) is 43.7 Å². The molecule has 0 aromatic carbocycles. The molecule has 1 saturated heterocycles. The number of alkyl halides is 1. The minimum absolute atomic E-state index is 0.0149. The van der Waals surface area contributed by atoms with Crippen molar-refractivity contribution < 1.29 is 19.4 Å². The predicted molar refractivity (Wildman–Crippen MR) is 61.7 cm³/mol. The van der Waals surface area contributed by atoms with Crippen LogP contribution in [0.2, 0.25) is 0 Å². The van der Waals surface area contributed by atoms with Crippen LogP contribution in [0.15, 0.2) is 0 Å². The van der Waals surface area contributed by atoms with E-state index in [1.54, 1.807) is 20.8 Å². The SMILES string of the molecule is CC(C)(C)OC(=O)N1C[C@H](Br)C[C@@H]1C(=O)O. The fourth-order valence-corrected chi connectivity index (χ4v) is 2.21. The molecule has 0 unspecified atom stereocenters. The van der Waals surface area contributed by atoms with Gasteiger partial charge in [0.15, 0.2) is 0 Å². The third-order valence-corrected chi connectivity index (χ3v) is 2.83. The summed E-state index contributed by atoms with van der Waals surface area (Å²) in [4.78, 5) is 24.0. The number of carbonyl (C=O) groups excluding carboxylic acids is 1. The number of hydrogen-bond donors (Lipinski definition) is 1. The van der Waals surface area contributed by atoms with E-state index in [4.69, 9.17) is 9.84 Å². The number of aliphatic carboxylic acids is 1. The van der Waals surface area contributed by atoms with Gasteiger partial charge in [-0.2, -0.15) is 0 Å². The molecule has 0 saturated carbocycles. The summed E-state index contributed by atoms with van der Waals surface area (Å²) in [5.41, 5.74) is -0.607. The van der Waals surface area contributed by atoms with E-state index in [-0.39, 0.29) is 4.83 Å². The molecule has 1 fully saturated rings. The van der Waals surface area contributed by atoms with Gasteiger partial charge in [-0.1, -0.05) is 15.9 Å². The van der Waals surface area contributed by atoms with Crippen LogP contribution in [-0.4, -0.2) is 45.1 Å².